The third-order valence-corrected chi connectivity index (χ3v) is 3.75. The molecule has 0 radical (unpaired) electrons. The van der Waals surface area contributed by atoms with Gasteiger partial charge >= 0.3 is 0 Å². The van der Waals surface area contributed by atoms with Crippen molar-refractivity contribution in [2.45, 2.75) is 60.0 Å². The van der Waals surface area contributed by atoms with Crippen molar-refractivity contribution in [3.8, 4) is 0 Å². The van der Waals surface area contributed by atoms with Crippen LogP contribution in [0.15, 0.2) is 0 Å². The fraction of sp³-hybridized carbons (Fsp3) is 0.769. The number of rotatable bonds is 4. The molecule has 0 spiro atoms. The summed E-state index contributed by atoms with van der Waals surface area (Å²) < 4.78 is 1.98. The van der Waals surface area contributed by atoms with E-state index in [1.807, 2.05) is 11.6 Å². The van der Waals surface area contributed by atoms with E-state index in [1.165, 1.54) is 0 Å². The van der Waals surface area contributed by atoms with Crippen LogP contribution in [-0.2, 0) is 13.0 Å². The first-order valence-electron chi connectivity index (χ1n) is 6.24. The molecule has 0 amide bonds. The smallest absolute Gasteiger partial charge is 0.0847 e. The SMILES string of the molecule is CCn1nc(C)c(Cl)c1CCC(N)C(C)(C)C. The fourth-order valence-electron chi connectivity index (χ4n) is 1.83. The molecule has 0 saturated heterocycles. The summed E-state index contributed by atoms with van der Waals surface area (Å²) in [6, 6.07) is 0.180. The third kappa shape index (κ3) is 3.46. The molecule has 1 heterocycles. The highest BCUT2D eigenvalue weighted by atomic mass is 35.5. The van der Waals surface area contributed by atoms with Crippen LogP contribution < -0.4 is 5.73 Å². The molecular formula is C13H24ClN3. The van der Waals surface area contributed by atoms with Gasteiger partial charge in [0.1, 0.15) is 0 Å². The van der Waals surface area contributed by atoms with Crippen molar-refractivity contribution in [1.82, 2.24) is 9.78 Å². The first-order chi connectivity index (χ1) is 7.77. The molecule has 0 aromatic carbocycles. The molecule has 0 aliphatic carbocycles. The van der Waals surface area contributed by atoms with Gasteiger partial charge in [-0.05, 0) is 32.1 Å². The van der Waals surface area contributed by atoms with Crippen LogP contribution in [0.2, 0.25) is 5.02 Å². The number of aryl methyl sites for hydroxylation is 2. The Morgan fingerprint density at radius 2 is 2.00 bits per heavy atom. The van der Waals surface area contributed by atoms with Crippen molar-refractivity contribution in [3.63, 3.8) is 0 Å². The van der Waals surface area contributed by atoms with E-state index in [1.54, 1.807) is 0 Å². The zero-order valence-electron chi connectivity index (χ0n) is 11.5. The summed E-state index contributed by atoms with van der Waals surface area (Å²) in [6.07, 6.45) is 1.83. The maximum atomic E-state index is 6.27. The zero-order chi connectivity index (χ0) is 13.2. The molecule has 0 fully saturated rings. The Morgan fingerprint density at radius 1 is 1.41 bits per heavy atom. The van der Waals surface area contributed by atoms with Gasteiger partial charge in [-0.3, -0.25) is 4.68 Å². The normalized spacial score (nSPS) is 14.1. The number of halogens is 1. The van der Waals surface area contributed by atoms with E-state index < -0.39 is 0 Å². The van der Waals surface area contributed by atoms with Gasteiger partial charge in [0.25, 0.3) is 0 Å². The monoisotopic (exact) mass is 257 g/mol. The van der Waals surface area contributed by atoms with Gasteiger partial charge in [-0.2, -0.15) is 5.10 Å². The minimum absolute atomic E-state index is 0.137. The van der Waals surface area contributed by atoms with Crippen molar-refractivity contribution in [2.75, 3.05) is 0 Å². The van der Waals surface area contributed by atoms with E-state index in [9.17, 15) is 0 Å². The highest BCUT2D eigenvalue weighted by molar-refractivity contribution is 6.31. The summed E-state index contributed by atoms with van der Waals surface area (Å²) in [5.41, 5.74) is 8.34. The summed E-state index contributed by atoms with van der Waals surface area (Å²) in [7, 11) is 0. The van der Waals surface area contributed by atoms with Gasteiger partial charge in [-0.25, -0.2) is 0 Å². The number of hydrogen-bond acceptors (Lipinski definition) is 2. The van der Waals surface area contributed by atoms with Crippen molar-refractivity contribution in [3.05, 3.63) is 16.4 Å². The van der Waals surface area contributed by atoms with Gasteiger partial charge in [0.15, 0.2) is 0 Å². The maximum absolute atomic E-state index is 6.27. The van der Waals surface area contributed by atoms with Crippen LogP contribution in [0.3, 0.4) is 0 Å². The Hall–Kier alpha value is -0.540. The first-order valence-corrected chi connectivity index (χ1v) is 6.62. The van der Waals surface area contributed by atoms with Crippen molar-refractivity contribution < 1.29 is 0 Å². The largest absolute Gasteiger partial charge is 0.327 e. The van der Waals surface area contributed by atoms with Crippen LogP contribution in [0.1, 0.15) is 45.5 Å². The second kappa shape index (κ2) is 5.40. The fourth-order valence-corrected chi connectivity index (χ4v) is 2.06. The number of aromatic nitrogens is 2. The van der Waals surface area contributed by atoms with E-state index in [2.05, 4.69) is 32.8 Å². The minimum Gasteiger partial charge on any atom is -0.327 e. The molecule has 0 bridgehead atoms. The highest BCUT2D eigenvalue weighted by Gasteiger charge is 2.22. The van der Waals surface area contributed by atoms with Crippen LogP contribution in [-0.4, -0.2) is 15.8 Å². The van der Waals surface area contributed by atoms with Crippen LogP contribution >= 0.6 is 11.6 Å². The summed E-state index contributed by atoms with van der Waals surface area (Å²) in [4.78, 5) is 0. The van der Waals surface area contributed by atoms with Crippen LogP contribution in [0.5, 0.6) is 0 Å². The highest BCUT2D eigenvalue weighted by Crippen LogP contribution is 2.25. The Bertz CT molecular complexity index is 377. The second-order valence-corrected chi connectivity index (χ2v) is 6.05. The van der Waals surface area contributed by atoms with Gasteiger partial charge in [0, 0.05) is 12.6 Å². The van der Waals surface area contributed by atoms with Gasteiger partial charge in [0.05, 0.1) is 16.4 Å². The molecule has 17 heavy (non-hydrogen) atoms. The summed E-state index contributed by atoms with van der Waals surface area (Å²) >= 11 is 6.27. The zero-order valence-corrected chi connectivity index (χ0v) is 12.3. The number of nitrogens with two attached hydrogens (primary N) is 1. The Kier molecular flexibility index (Phi) is 4.62. The second-order valence-electron chi connectivity index (χ2n) is 5.67. The molecule has 1 rings (SSSR count). The van der Waals surface area contributed by atoms with E-state index in [0.717, 1.165) is 35.8 Å². The molecule has 0 aliphatic heterocycles. The van der Waals surface area contributed by atoms with Crippen LogP contribution in [0.25, 0.3) is 0 Å². The van der Waals surface area contributed by atoms with Crippen molar-refractivity contribution >= 4 is 11.6 Å². The molecule has 1 aromatic heterocycles. The minimum atomic E-state index is 0.137. The Balaban J connectivity index is 2.76. The molecule has 1 atom stereocenters. The summed E-state index contributed by atoms with van der Waals surface area (Å²) in [6.45, 7) is 11.4. The molecule has 2 N–H and O–H groups in total. The molecular weight excluding hydrogens is 234 g/mol. The lowest BCUT2D eigenvalue weighted by molar-refractivity contribution is 0.304. The Labute approximate surface area is 109 Å². The molecule has 1 aromatic rings. The van der Waals surface area contributed by atoms with Gasteiger partial charge in [0.2, 0.25) is 0 Å². The van der Waals surface area contributed by atoms with E-state index >= 15 is 0 Å². The standard InChI is InChI=1S/C13H24ClN3/c1-6-17-10(12(14)9(2)16-17)7-8-11(15)13(3,4)5/h11H,6-8,15H2,1-5H3. The topological polar surface area (TPSA) is 43.8 Å². The van der Waals surface area contributed by atoms with Crippen molar-refractivity contribution in [2.24, 2.45) is 11.1 Å². The molecule has 0 saturated carbocycles. The van der Waals surface area contributed by atoms with E-state index in [4.69, 9.17) is 17.3 Å². The lowest BCUT2D eigenvalue weighted by atomic mass is 9.84. The number of nitrogens with zero attached hydrogens (tertiary/aromatic N) is 2. The summed E-state index contributed by atoms with van der Waals surface area (Å²) in [5, 5.41) is 5.21. The van der Waals surface area contributed by atoms with Gasteiger partial charge in [-0.1, -0.05) is 32.4 Å². The molecule has 3 nitrogen and oxygen atoms in total. The predicted octanol–water partition coefficient (Wildman–Crippen LogP) is 3.17. The molecule has 0 aliphatic rings. The van der Waals surface area contributed by atoms with Crippen LogP contribution in [0.4, 0.5) is 0 Å². The summed E-state index contributed by atoms with van der Waals surface area (Å²) in [5.74, 6) is 0. The maximum Gasteiger partial charge on any atom is 0.0847 e. The average Bonchev–Trinajstić information content (AvgIpc) is 2.50. The van der Waals surface area contributed by atoms with Crippen molar-refractivity contribution in [1.29, 1.82) is 0 Å². The number of hydrogen-bond donors (Lipinski definition) is 1. The molecule has 4 heteroatoms. The quantitative estimate of drug-likeness (QED) is 0.900. The molecule has 1 unspecified atom stereocenters. The van der Waals surface area contributed by atoms with Gasteiger partial charge < -0.3 is 5.73 Å². The van der Waals surface area contributed by atoms with E-state index in [0.29, 0.717) is 0 Å². The van der Waals surface area contributed by atoms with E-state index in [-0.39, 0.29) is 11.5 Å². The average molecular weight is 258 g/mol. The Morgan fingerprint density at radius 3 is 2.47 bits per heavy atom. The van der Waals surface area contributed by atoms with Crippen LogP contribution in [0, 0.1) is 12.3 Å². The first kappa shape index (κ1) is 14.5. The lowest BCUT2D eigenvalue weighted by Gasteiger charge is -2.27. The lowest BCUT2D eigenvalue weighted by Crippen LogP contribution is -2.35. The van der Waals surface area contributed by atoms with Gasteiger partial charge in [-0.15, -0.1) is 0 Å². The third-order valence-electron chi connectivity index (χ3n) is 3.26. The predicted molar refractivity (Wildman–Crippen MR) is 73.4 cm³/mol. The molecule has 98 valence electrons.